The molecule has 3 heterocycles. The summed E-state index contributed by atoms with van der Waals surface area (Å²) in [4.78, 5) is 21.5. The van der Waals surface area contributed by atoms with Crippen LogP contribution in [0.25, 0.3) is 10.2 Å². The minimum Gasteiger partial charge on any atom is -0.309 e. The van der Waals surface area contributed by atoms with Gasteiger partial charge in [-0.3, -0.25) is 4.79 Å². The van der Waals surface area contributed by atoms with Gasteiger partial charge in [0, 0.05) is 11.4 Å². The van der Waals surface area contributed by atoms with Gasteiger partial charge in [0.1, 0.15) is 10.7 Å². The Labute approximate surface area is 128 Å². The van der Waals surface area contributed by atoms with Crippen LogP contribution in [0.4, 0.5) is 0 Å². The molecule has 3 aromatic rings. The van der Waals surface area contributed by atoms with E-state index in [1.54, 1.807) is 16.0 Å². The fourth-order valence-corrected chi connectivity index (χ4v) is 3.86. The number of H-pyrrole nitrogens is 1. The van der Waals surface area contributed by atoms with Crippen LogP contribution in [0.2, 0.25) is 0 Å². The van der Waals surface area contributed by atoms with Gasteiger partial charge >= 0.3 is 0 Å². The Morgan fingerprint density at radius 3 is 2.95 bits per heavy atom. The zero-order valence-electron chi connectivity index (χ0n) is 11.9. The molecule has 3 aromatic heterocycles. The topological polar surface area (TPSA) is 89.3 Å². The van der Waals surface area contributed by atoms with Crippen LogP contribution >= 0.6 is 23.1 Å². The molecule has 7 nitrogen and oxygen atoms in total. The Balaban J connectivity index is 1.90. The van der Waals surface area contributed by atoms with Crippen LogP contribution in [0.15, 0.2) is 9.95 Å². The van der Waals surface area contributed by atoms with Gasteiger partial charge in [-0.1, -0.05) is 11.8 Å². The van der Waals surface area contributed by atoms with Crippen LogP contribution in [0, 0.1) is 13.8 Å². The smallest absolute Gasteiger partial charge is 0.259 e. The molecule has 3 rings (SSSR count). The lowest BCUT2D eigenvalue weighted by atomic mass is 10.2. The van der Waals surface area contributed by atoms with Gasteiger partial charge in [0.05, 0.1) is 11.1 Å². The molecule has 0 saturated heterocycles. The highest BCUT2D eigenvalue weighted by molar-refractivity contribution is 7.98. The lowest BCUT2D eigenvalue weighted by molar-refractivity contribution is 0.581. The summed E-state index contributed by atoms with van der Waals surface area (Å²) < 4.78 is 1.71. The van der Waals surface area contributed by atoms with E-state index in [1.165, 1.54) is 11.8 Å². The van der Waals surface area contributed by atoms with Crippen molar-refractivity contribution in [3.05, 3.63) is 26.6 Å². The average Bonchev–Trinajstić information content (AvgIpc) is 3.02. The second-order valence-corrected chi connectivity index (χ2v) is 6.69. The number of aromatic amines is 1. The number of nitrogens with one attached hydrogen (secondary N) is 1. The highest BCUT2D eigenvalue weighted by atomic mass is 32.2. The Kier molecular flexibility index (Phi) is 3.77. The zero-order chi connectivity index (χ0) is 15.0. The first-order valence-electron chi connectivity index (χ1n) is 6.48. The van der Waals surface area contributed by atoms with E-state index in [2.05, 4.69) is 25.5 Å². The summed E-state index contributed by atoms with van der Waals surface area (Å²) in [5.74, 6) is 1.17. The maximum Gasteiger partial charge on any atom is 0.259 e. The van der Waals surface area contributed by atoms with E-state index >= 15 is 0 Å². The van der Waals surface area contributed by atoms with Gasteiger partial charge in [-0.2, -0.15) is 0 Å². The van der Waals surface area contributed by atoms with E-state index in [4.69, 9.17) is 0 Å². The molecule has 21 heavy (non-hydrogen) atoms. The molecule has 0 bridgehead atoms. The first-order chi connectivity index (χ1) is 10.1. The van der Waals surface area contributed by atoms with Gasteiger partial charge in [-0.05, 0) is 36.8 Å². The van der Waals surface area contributed by atoms with E-state index in [-0.39, 0.29) is 5.56 Å². The number of thiophene rings is 1. The number of rotatable bonds is 4. The highest BCUT2D eigenvalue weighted by Crippen LogP contribution is 2.26. The number of hydrogen-bond donors (Lipinski definition) is 1. The summed E-state index contributed by atoms with van der Waals surface area (Å²) in [5, 5.41) is 12.9. The molecule has 0 aliphatic heterocycles. The molecular weight excluding hydrogens is 308 g/mol. The Hall–Kier alpha value is -1.74. The van der Waals surface area contributed by atoms with Crippen molar-refractivity contribution in [1.29, 1.82) is 0 Å². The van der Waals surface area contributed by atoms with Crippen molar-refractivity contribution in [1.82, 2.24) is 30.2 Å². The van der Waals surface area contributed by atoms with Crippen LogP contribution < -0.4 is 5.56 Å². The van der Waals surface area contributed by atoms with Crippen LogP contribution in [0.3, 0.4) is 0 Å². The minimum absolute atomic E-state index is 0.0764. The third kappa shape index (κ3) is 2.58. The van der Waals surface area contributed by atoms with E-state index in [9.17, 15) is 4.79 Å². The number of fused-ring (bicyclic) bond motifs is 1. The van der Waals surface area contributed by atoms with Gasteiger partial charge in [0.15, 0.2) is 0 Å². The predicted molar refractivity (Wildman–Crippen MR) is 82.8 cm³/mol. The van der Waals surface area contributed by atoms with Gasteiger partial charge in [-0.25, -0.2) is 9.67 Å². The summed E-state index contributed by atoms with van der Waals surface area (Å²) in [6, 6.07) is 0. The second kappa shape index (κ2) is 5.57. The molecule has 1 N–H and O–H groups in total. The van der Waals surface area contributed by atoms with E-state index < -0.39 is 0 Å². The van der Waals surface area contributed by atoms with Crippen LogP contribution in [0.1, 0.15) is 23.2 Å². The van der Waals surface area contributed by atoms with Crippen molar-refractivity contribution in [2.75, 3.05) is 0 Å². The maximum atomic E-state index is 12.2. The van der Waals surface area contributed by atoms with Crippen LogP contribution in [0.5, 0.6) is 0 Å². The van der Waals surface area contributed by atoms with Crippen molar-refractivity contribution < 1.29 is 0 Å². The summed E-state index contributed by atoms with van der Waals surface area (Å²) >= 11 is 3.01. The third-order valence-corrected chi connectivity index (χ3v) is 5.29. The summed E-state index contributed by atoms with van der Waals surface area (Å²) in [6.07, 6.45) is 0. The monoisotopic (exact) mass is 322 g/mol. The van der Waals surface area contributed by atoms with Crippen molar-refractivity contribution >= 4 is 33.3 Å². The van der Waals surface area contributed by atoms with Gasteiger partial charge in [-0.15, -0.1) is 16.4 Å². The highest BCUT2D eigenvalue weighted by Gasteiger charge is 2.13. The van der Waals surface area contributed by atoms with Crippen molar-refractivity contribution in [3.63, 3.8) is 0 Å². The number of thioether (sulfide) groups is 1. The van der Waals surface area contributed by atoms with E-state index in [1.807, 2.05) is 20.8 Å². The summed E-state index contributed by atoms with van der Waals surface area (Å²) in [6.45, 7) is 6.64. The van der Waals surface area contributed by atoms with Gasteiger partial charge in [0.2, 0.25) is 5.16 Å². The van der Waals surface area contributed by atoms with E-state index in [0.29, 0.717) is 23.5 Å². The van der Waals surface area contributed by atoms with Gasteiger partial charge in [0.25, 0.3) is 5.56 Å². The van der Waals surface area contributed by atoms with Crippen molar-refractivity contribution in [2.45, 2.75) is 38.2 Å². The molecule has 0 saturated carbocycles. The minimum atomic E-state index is -0.0764. The molecule has 0 fully saturated rings. The summed E-state index contributed by atoms with van der Waals surface area (Å²) in [5.41, 5.74) is 0.936. The number of nitrogens with zero attached hydrogens (tertiary/aromatic N) is 5. The molecule has 0 aromatic carbocycles. The Morgan fingerprint density at radius 2 is 2.19 bits per heavy atom. The normalized spacial score (nSPS) is 11.4. The SMILES string of the molecule is CCn1nnnc1SCc1nc2sc(C)c(C)c2c(=O)[nH]1. The number of hydrogen-bond acceptors (Lipinski definition) is 7. The molecule has 0 aliphatic carbocycles. The standard InChI is InChI=1S/C12H14N6OS2/c1-4-18-12(15-16-17-18)20-5-8-13-10(19)9-6(2)7(3)21-11(9)14-8/h4-5H2,1-3H3,(H,13,14,19). The molecule has 9 heteroatoms. The molecule has 0 spiro atoms. The Bertz CT molecular complexity index is 849. The van der Waals surface area contributed by atoms with E-state index in [0.717, 1.165) is 20.4 Å². The average molecular weight is 322 g/mol. The zero-order valence-corrected chi connectivity index (χ0v) is 13.5. The fourth-order valence-electron chi connectivity index (χ4n) is 2.00. The number of tetrazole rings is 1. The molecule has 0 amide bonds. The summed E-state index contributed by atoms with van der Waals surface area (Å²) in [7, 11) is 0. The quantitative estimate of drug-likeness (QED) is 0.738. The maximum absolute atomic E-state index is 12.2. The first kappa shape index (κ1) is 14.2. The molecular formula is C12H14N6OS2. The molecule has 0 unspecified atom stereocenters. The van der Waals surface area contributed by atoms with Crippen molar-refractivity contribution in [2.24, 2.45) is 0 Å². The number of aromatic nitrogens is 6. The molecule has 0 aliphatic rings. The molecule has 110 valence electrons. The molecule has 0 radical (unpaired) electrons. The Morgan fingerprint density at radius 1 is 1.38 bits per heavy atom. The third-order valence-electron chi connectivity index (χ3n) is 3.22. The first-order valence-corrected chi connectivity index (χ1v) is 8.28. The molecule has 0 atom stereocenters. The second-order valence-electron chi connectivity index (χ2n) is 4.54. The predicted octanol–water partition coefficient (Wildman–Crippen LogP) is 1.90. The lowest BCUT2D eigenvalue weighted by Crippen LogP contribution is -2.11. The van der Waals surface area contributed by atoms with Crippen LogP contribution in [-0.2, 0) is 12.3 Å². The number of aryl methyl sites for hydroxylation is 3. The fraction of sp³-hybridized carbons (Fsp3) is 0.417. The van der Waals surface area contributed by atoms with Gasteiger partial charge < -0.3 is 4.98 Å². The largest absolute Gasteiger partial charge is 0.309 e. The van der Waals surface area contributed by atoms with Crippen molar-refractivity contribution in [3.8, 4) is 0 Å². The van der Waals surface area contributed by atoms with Crippen LogP contribution in [-0.4, -0.2) is 30.2 Å². The lowest BCUT2D eigenvalue weighted by Gasteiger charge is -2.01.